The molecule has 1 fully saturated rings. The molecule has 1 saturated heterocycles. The second-order valence-electron chi connectivity index (χ2n) is 8.63. The molecule has 11 heteroatoms. The van der Waals surface area contributed by atoms with Crippen molar-refractivity contribution in [1.82, 2.24) is 20.9 Å². The van der Waals surface area contributed by atoms with Crippen molar-refractivity contribution in [2.24, 2.45) is 0 Å². The van der Waals surface area contributed by atoms with E-state index >= 15 is 0 Å². The number of amides is 4. The molecule has 2 aliphatic rings. The number of rotatable bonds is 9. The third kappa shape index (κ3) is 5.20. The number of piperidine rings is 1. The zero-order valence-electron chi connectivity index (χ0n) is 19.6. The number of hydrogen-bond donors (Lipinski definition) is 3. The lowest BCUT2D eigenvalue weighted by Gasteiger charge is -2.29. The minimum atomic E-state index is -3.78. The molecule has 2 heterocycles. The molecular weight excluding hydrogens is 474 g/mol. The van der Waals surface area contributed by atoms with Gasteiger partial charge < -0.3 is 20.3 Å². The molecule has 2 aromatic carbocycles. The summed E-state index contributed by atoms with van der Waals surface area (Å²) in [6, 6.07) is 9.26. The predicted molar refractivity (Wildman–Crippen MR) is 124 cm³/mol. The van der Waals surface area contributed by atoms with Crippen molar-refractivity contribution in [3.63, 3.8) is 0 Å². The fourth-order valence-electron chi connectivity index (χ4n) is 4.21. The summed E-state index contributed by atoms with van der Waals surface area (Å²) in [4.78, 5) is 50.1. The van der Waals surface area contributed by atoms with Gasteiger partial charge in [-0.2, -0.15) is 8.78 Å². The van der Waals surface area contributed by atoms with Crippen molar-refractivity contribution in [3.8, 4) is 5.75 Å². The molecule has 0 saturated carbocycles. The van der Waals surface area contributed by atoms with Crippen LogP contribution in [0, 0.1) is 0 Å². The number of nitrogens with one attached hydrogen (secondary N) is 3. The number of carbonyl (C=O) groups excluding carboxylic acids is 4. The Morgan fingerprint density at radius 1 is 1.19 bits per heavy atom. The van der Waals surface area contributed by atoms with Crippen LogP contribution < -0.4 is 20.7 Å². The van der Waals surface area contributed by atoms with Crippen molar-refractivity contribution in [2.75, 3.05) is 20.2 Å². The number of likely N-dealkylation sites (N-methyl/N-ethyl adjacent to an activating group) is 1. The molecule has 0 spiro atoms. The van der Waals surface area contributed by atoms with E-state index in [2.05, 4.69) is 16.0 Å². The van der Waals surface area contributed by atoms with Crippen LogP contribution in [0.25, 0.3) is 0 Å². The smallest absolute Gasteiger partial charge is 0.349 e. The fraction of sp³-hybridized carbons (Fsp3) is 0.360. The van der Waals surface area contributed by atoms with Gasteiger partial charge in [-0.05, 0) is 42.8 Å². The Balaban J connectivity index is 1.39. The van der Waals surface area contributed by atoms with Gasteiger partial charge in [0.15, 0.2) is 0 Å². The Morgan fingerprint density at radius 3 is 2.75 bits per heavy atom. The van der Waals surface area contributed by atoms with Gasteiger partial charge in [-0.15, -0.1) is 0 Å². The van der Waals surface area contributed by atoms with Crippen LogP contribution in [0.2, 0.25) is 0 Å². The topological polar surface area (TPSA) is 117 Å². The lowest BCUT2D eigenvalue weighted by Crippen LogP contribution is -2.52. The number of ether oxygens (including phenoxy) is 1. The number of benzene rings is 2. The molecule has 190 valence electrons. The third-order valence-corrected chi connectivity index (χ3v) is 6.14. The number of halogens is 2. The highest BCUT2D eigenvalue weighted by molar-refractivity contribution is 6.05. The number of nitrogens with zero attached hydrogens (tertiary/aromatic N) is 1. The Morgan fingerprint density at radius 2 is 2.00 bits per heavy atom. The first-order chi connectivity index (χ1) is 17.2. The van der Waals surface area contributed by atoms with Gasteiger partial charge in [-0.3, -0.25) is 24.5 Å². The molecule has 2 aliphatic heterocycles. The molecule has 4 rings (SSSR count). The normalized spacial score (nSPS) is 17.6. The van der Waals surface area contributed by atoms with E-state index in [1.54, 1.807) is 25.2 Å². The van der Waals surface area contributed by atoms with E-state index in [1.165, 1.54) is 17.0 Å². The van der Waals surface area contributed by atoms with Crippen LogP contribution in [-0.4, -0.2) is 54.8 Å². The Bertz CT molecular complexity index is 1200. The van der Waals surface area contributed by atoms with Crippen LogP contribution in [-0.2, 0) is 33.4 Å². The van der Waals surface area contributed by atoms with Gasteiger partial charge in [0.1, 0.15) is 18.4 Å². The molecule has 0 radical (unpaired) electrons. The summed E-state index contributed by atoms with van der Waals surface area (Å²) in [5.74, 6) is -6.23. The Labute approximate surface area is 206 Å². The molecule has 3 N–H and O–H groups in total. The predicted octanol–water partition coefficient (Wildman–Crippen LogP) is 1.45. The van der Waals surface area contributed by atoms with Crippen LogP contribution >= 0.6 is 0 Å². The molecule has 2 aromatic rings. The van der Waals surface area contributed by atoms with Crippen LogP contribution in [0.5, 0.6) is 5.75 Å². The monoisotopic (exact) mass is 500 g/mol. The molecule has 1 atom stereocenters. The number of alkyl halides is 2. The molecule has 1 unspecified atom stereocenters. The van der Waals surface area contributed by atoms with Gasteiger partial charge in [-0.1, -0.05) is 24.3 Å². The summed E-state index contributed by atoms with van der Waals surface area (Å²) in [6.07, 6.45) is 0.386. The maximum Gasteiger partial charge on any atom is 0.349 e. The van der Waals surface area contributed by atoms with E-state index < -0.39 is 29.3 Å². The van der Waals surface area contributed by atoms with Crippen LogP contribution in [0.3, 0.4) is 0 Å². The largest absolute Gasteiger partial charge is 0.492 e. The molecule has 0 aromatic heterocycles. The number of carbonyl (C=O) groups is 4. The van der Waals surface area contributed by atoms with Gasteiger partial charge in [0, 0.05) is 37.2 Å². The van der Waals surface area contributed by atoms with Crippen molar-refractivity contribution < 1.29 is 32.7 Å². The van der Waals surface area contributed by atoms with Crippen LogP contribution in [0.4, 0.5) is 8.78 Å². The van der Waals surface area contributed by atoms with Gasteiger partial charge in [0.25, 0.3) is 11.8 Å². The average Bonchev–Trinajstić information content (AvgIpc) is 3.18. The lowest BCUT2D eigenvalue weighted by atomic mass is 10.0. The van der Waals surface area contributed by atoms with Crippen LogP contribution in [0.15, 0.2) is 42.5 Å². The number of hydrogen-bond acceptors (Lipinski definition) is 6. The highest BCUT2D eigenvalue weighted by Gasteiger charge is 2.41. The molecular formula is C25H26F2N4O5. The van der Waals surface area contributed by atoms with Crippen molar-refractivity contribution in [2.45, 2.75) is 37.9 Å². The zero-order chi connectivity index (χ0) is 25.9. The van der Waals surface area contributed by atoms with Crippen molar-refractivity contribution in [3.05, 3.63) is 64.7 Å². The SMILES string of the molecule is CNCCOc1cccc(C(F)(F)C(=O)NCc2ccc3c(c2)CN(C2CCC(=O)NC2=O)C3=O)c1. The van der Waals surface area contributed by atoms with E-state index in [-0.39, 0.29) is 43.5 Å². The van der Waals surface area contributed by atoms with Gasteiger partial charge in [0.2, 0.25) is 11.8 Å². The van der Waals surface area contributed by atoms with Gasteiger partial charge in [-0.25, -0.2) is 0 Å². The maximum absolute atomic E-state index is 14.8. The fourth-order valence-corrected chi connectivity index (χ4v) is 4.21. The second-order valence-corrected chi connectivity index (χ2v) is 8.63. The molecule has 9 nitrogen and oxygen atoms in total. The summed E-state index contributed by atoms with van der Waals surface area (Å²) in [6.45, 7) is 0.809. The number of imide groups is 1. The van der Waals surface area contributed by atoms with E-state index in [0.717, 1.165) is 12.1 Å². The number of fused-ring (bicyclic) bond motifs is 1. The summed E-state index contributed by atoms with van der Waals surface area (Å²) >= 11 is 0. The summed E-state index contributed by atoms with van der Waals surface area (Å²) < 4.78 is 35.0. The summed E-state index contributed by atoms with van der Waals surface area (Å²) in [5.41, 5.74) is 1.06. The van der Waals surface area contributed by atoms with E-state index in [0.29, 0.717) is 29.8 Å². The lowest BCUT2D eigenvalue weighted by molar-refractivity contribution is -0.147. The molecule has 36 heavy (non-hydrogen) atoms. The second kappa shape index (κ2) is 10.4. The average molecular weight is 501 g/mol. The quantitative estimate of drug-likeness (QED) is 0.355. The van der Waals surface area contributed by atoms with E-state index in [4.69, 9.17) is 4.74 Å². The van der Waals surface area contributed by atoms with Gasteiger partial charge >= 0.3 is 5.92 Å². The first-order valence-electron chi connectivity index (χ1n) is 11.5. The third-order valence-electron chi connectivity index (χ3n) is 6.14. The summed E-state index contributed by atoms with van der Waals surface area (Å²) in [7, 11) is 1.74. The van der Waals surface area contributed by atoms with Crippen LogP contribution in [0.1, 0.15) is 39.9 Å². The van der Waals surface area contributed by atoms with Gasteiger partial charge in [0.05, 0.1) is 0 Å². The maximum atomic E-state index is 14.8. The Hall–Kier alpha value is -3.86. The van der Waals surface area contributed by atoms with E-state index in [1.807, 2.05) is 0 Å². The molecule has 0 aliphatic carbocycles. The Kier molecular flexibility index (Phi) is 7.30. The highest BCUT2D eigenvalue weighted by Crippen LogP contribution is 2.31. The zero-order valence-corrected chi connectivity index (χ0v) is 19.6. The van der Waals surface area contributed by atoms with Crippen molar-refractivity contribution >= 4 is 23.6 Å². The minimum Gasteiger partial charge on any atom is -0.492 e. The first-order valence-corrected chi connectivity index (χ1v) is 11.5. The standard InChI is InChI=1S/C25H26F2N4O5/c1-28-9-10-36-18-4-2-3-17(12-18)25(26,27)24(35)29-13-15-5-6-19-16(11-15)14-31(23(19)34)20-7-8-21(32)30-22(20)33/h2-6,11-12,20,28H,7-10,13-14H2,1H3,(H,29,35)(H,30,32,33). The molecule has 4 amide bonds. The summed E-state index contributed by atoms with van der Waals surface area (Å²) in [5, 5.41) is 7.38. The van der Waals surface area contributed by atoms with Crippen molar-refractivity contribution in [1.29, 1.82) is 0 Å². The molecule has 0 bridgehead atoms. The minimum absolute atomic E-state index is 0.146. The van der Waals surface area contributed by atoms with E-state index in [9.17, 15) is 28.0 Å². The first kappa shape index (κ1) is 25.2. The highest BCUT2D eigenvalue weighted by atomic mass is 19.3.